The Morgan fingerprint density at radius 3 is 2.62 bits per heavy atom. The Morgan fingerprint density at radius 2 is 1.88 bits per heavy atom. The number of nitrogens with one attached hydrogen (secondary N) is 2. The lowest BCUT2D eigenvalue weighted by molar-refractivity contribution is 0.279. The molecule has 0 aliphatic rings. The zero-order valence-electron chi connectivity index (χ0n) is 15.2. The molecule has 0 unspecified atom stereocenters. The van der Waals surface area contributed by atoms with E-state index in [1.165, 1.54) is 5.56 Å². The van der Waals surface area contributed by atoms with E-state index < -0.39 is 0 Å². The van der Waals surface area contributed by atoms with E-state index in [2.05, 4.69) is 28.0 Å². The molecular formula is C20H25N3O2S. The van der Waals surface area contributed by atoms with Gasteiger partial charge in [-0.05, 0) is 55.4 Å². The maximum atomic E-state index is 5.91. The van der Waals surface area contributed by atoms with Gasteiger partial charge in [-0.3, -0.25) is 5.43 Å². The third kappa shape index (κ3) is 6.72. The highest BCUT2D eigenvalue weighted by Crippen LogP contribution is 2.28. The number of rotatable bonds is 9. The molecule has 2 rings (SSSR count). The van der Waals surface area contributed by atoms with Gasteiger partial charge in [0.05, 0.1) is 19.4 Å². The van der Waals surface area contributed by atoms with Crippen LogP contribution >= 0.6 is 12.2 Å². The fourth-order valence-corrected chi connectivity index (χ4v) is 2.48. The minimum Gasteiger partial charge on any atom is -0.490 e. The van der Waals surface area contributed by atoms with Gasteiger partial charge in [0.1, 0.15) is 0 Å². The zero-order valence-corrected chi connectivity index (χ0v) is 16.0. The quantitative estimate of drug-likeness (QED) is 0.401. The highest BCUT2D eigenvalue weighted by Gasteiger charge is 2.06. The van der Waals surface area contributed by atoms with Gasteiger partial charge in [0, 0.05) is 13.0 Å². The summed E-state index contributed by atoms with van der Waals surface area (Å²) in [6.45, 7) is 5.84. The molecule has 0 saturated carbocycles. The lowest BCUT2D eigenvalue weighted by Gasteiger charge is -2.12. The van der Waals surface area contributed by atoms with Gasteiger partial charge in [-0.1, -0.05) is 30.3 Å². The van der Waals surface area contributed by atoms with E-state index in [1.54, 1.807) is 6.21 Å². The summed E-state index contributed by atoms with van der Waals surface area (Å²) in [7, 11) is 0. The summed E-state index contributed by atoms with van der Waals surface area (Å²) in [6, 6.07) is 16.0. The van der Waals surface area contributed by atoms with E-state index in [4.69, 9.17) is 21.7 Å². The van der Waals surface area contributed by atoms with Crippen LogP contribution in [-0.4, -0.2) is 31.1 Å². The number of ether oxygens (including phenoxy) is 2. The number of hydrogen-bond acceptors (Lipinski definition) is 4. The van der Waals surface area contributed by atoms with E-state index >= 15 is 0 Å². The fraction of sp³-hybridized carbons (Fsp3) is 0.300. The highest BCUT2D eigenvalue weighted by molar-refractivity contribution is 7.80. The van der Waals surface area contributed by atoms with Crippen molar-refractivity contribution in [1.29, 1.82) is 0 Å². The molecule has 26 heavy (non-hydrogen) atoms. The number of hydrazone groups is 1. The summed E-state index contributed by atoms with van der Waals surface area (Å²) in [6.07, 6.45) is 2.54. The van der Waals surface area contributed by atoms with E-state index in [1.807, 2.05) is 50.2 Å². The van der Waals surface area contributed by atoms with Crippen molar-refractivity contribution in [3.63, 3.8) is 0 Å². The van der Waals surface area contributed by atoms with Gasteiger partial charge in [0.2, 0.25) is 0 Å². The standard InChI is InChI=1S/C20H25N3O2S/c1-3-21-20(26)23-22-15-17-10-11-18(19(14-17)24-4-2)25-13-12-16-8-6-5-7-9-16/h5-11,14-15H,3-4,12-13H2,1-2H3,(H2,21,23,26)/b22-15+. The minimum absolute atomic E-state index is 0.495. The SMILES string of the molecule is CCNC(=S)N/N=C/c1ccc(OCCc2ccccc2)c(OCC)c1. The average Bonchev–Trinajstić information content (AvgIpc) is 2.65. The predicted octanol–water partition coefficient (Wildman–Crippen LogP) is 3.52. The Kier molecular flexibility index (Phi) is 8.42. The molecule has 0 amide bonds. The van der Waals surface area contributed by atoms with Gasteiger partial charge in [0.25, 0.3) is 0 Å². The van der Waals surface area contributed by atoms with Crippen LogP contribution in [0.4, 0.5) is 0 Å². The number of benzene rings is 2. The first-order valence-electron chi connectivity index (χ1n) is 8.73. The molecule has 0 aromatic heterocycles. The molecule has 2 N–H and O–H groups in total. The number of hydrogen-bond donors (Lipinski definition) is 2. The maximum absolute atomic E-state index is 5.91. The van der Waals surface area contributed by atoms with Crippen LogP contribution in [0.5, 0.6) is 11.5 Å². The molecule has 0 fully saturated rings. The second kappa shape index (κ2) is 11.1. The molecular weight excluding hydrogens is 346 g/mol. The van der Waals surface area contributed by atoms with Crippen LogP contribution in [0.25, 0.3) is 0 Å². The monoisotopic (exact) mass is 371 g/mol. The molecule has 0 aliphatic carbocycles. The second-order valence-corrected chi connectivity index (χ2v) is 5.86. The normalized spacial score (nSPS) is 10.5. The molecule has 2 aromatic carbocycles. The molecule has 138 valence electrons. The Labute approximate surface area is 160 Å². The molecule has 0 heterocycles. The van der Waals surface area contributed by atoms with Gasteiger partial charge in [-0.15, -0.1) is 0 Å². The smallest absolute Gasteiger partial charge is 0.186 e. The largest absolute Gasteiger partial charge is 0.490 e. The minimum atomic E-state index is 0.495. The first kappa shape index (κ1) is 19.7. The average molecular weight is 372 g/mol. The van der Waals surface area contributed by atoms with Crippen molar-refractivity contribution >= 4 is 23.5 Å². The summed E-state index contributed by atoms with van der Waals surface area (Å²) in [5.41, 5.74) is 4.91. The first-order chi connectivity index (χ1) is 12.7. The summed E-state index contributed by atoms with van der Waals surface area (Å²) in [5, 5.41) is 7.58. The van der Waals surface area contributed by atoms with Crippen LogP contribution in [0.2, 0.25) is 0 Å². The molecule has 0 radical (unpaired) electrons. The molecule has 5 nitrogen and oxygen atoms in total. The molecule has 0 saturated heterocycles. The zero-order chi connectivity index (χ0) is 18.6. The molecule has 2 aromatic rings. The topological polar surface area (TPSA) is 54.9 Å². The van der Waals surface area contributed by atoms with Crippen LogP contribution in [0.1, 0.15) is 25.0 Å². The molecule has 0 aliphatic heterocycles. The van der Waals surface area contributed by atoms with Crippen LogP contribution in [0, 0.1) is 0 Å². The van der Waals surface area contributed by atoms with Crippen molar-refractivity contribution in [2.24, 2.45) is 5.10 Å². The number of thiocarbonyl (C=S) groups is 1. The number of nitrogens with zero attached hydrogens (tertiary/aromatic N) is 1. The van der Waals surface area contributed by atoms with Crippen molar-refractivity contribution in [3.8, 4) is 11.5 Å². The first-order valence-corrected chi connectivity index (χ1v) is 9.14. The highest BCUT2D eigenvalue weighted by atomic mass is 32.1. The summed E-state index contributed by atoms with van der Waals surface area (Å²) in [5.74, 6) is 1.44. The maximum Gasteiger partial charge on any atom is 0.186 e. The van der Waals surface area contributed by atoms with Crippen LogP contribution in [0.15, 0.2) is 53.6 Å². The van der Waals surface area contributed by atoms with E-state index in [-0.39, 0.29) is 0 Å². The summed E-state index contributed by atoms with van der Waals surface area (Å²) in [4.78, 5) is 0. The molecule has 0 spiro atoms. The summed E-state index contributed by atoms with van der Waals surface area (Å²) >= 11 is 5.06. The van der Waals surface area contributed by atoms with E-state index in [9.17, 15) is 0 Å². The second-order valence-electron chi connectivity index (χ2n) is 5.45. The van der Waals surface area contributed by atoms with Gasteiger partial charge < -0.3 is 14.8 Å². The van der Waals surface area contributed by atoms with Crippen LogP contribution < -0.4 is 20.2 Å². The Hall–Kier alpha value is -2.60. The fourth-order valence-electron chi connectivity index (χ4n) is 2.28. The summed E-state index contributed by atoms with van der Waals surface area (Å²) < 4.78 is 11.6. The van der Waals surface area contributed by atoms with Crippen LogP contribution in [-0.2, 0) is 6.42 Å². The molecule has 6 heteroatoms. The van der Waals surface area contributed by atoms with Gasteiger partial charge in [0.15, 0.2) is 16.6 Å². The van der Waals surface area contributed by atoms with Gasteiger partial charge in [-0.25, -0.2) is 0 Å². The third-order valence-electron chi connectivity index (χ3n) is 3.48. The van der Waals surface area contributed by atoms with Crippen LogP contribution in [0.3, 0.4) is 0 Å². The lowest BCUT2D eigenvalue weighted by atomic mass is 10.2. The van der Waals surface area contributed by atoms with E-state index in [0.717, 1.165) is 24.3 Å². The van der Waals surface area contributed by atoms with Crippen molar-refractivity contribution in [1.82, 2.24) is 10.7 Å². The Bertz CT molecular complexity index is 720. The van der Waals surface area contributed by atoms with Gasteiger partial charge >= 0.3 is 0 Å². The molecule has 0 bridgehead atoms. The van der Waals surface area contributed by atoms with Crippen molar-refractivity contribution < 1.29 is 9.47 Å². The molecule has 0 atom stereocenters. The van der Waals surface area contributed by atoms with Crippen molar-refractivity contribution in [2.75, 3.05) is 19.8 Å². The predicted molar refractivity (Wildman–Crippen MR) is 110 cm³/mol. The third-order valence-corrected chi connectivity index (χ3v) is 3.71. The van der Waals surface area contributed by atoms with Crippen molar-refractivity contribution in [2.45, 2.75) is 20.3 Å². The Morgan fingerprint density at radius 1 is 1.08 bits per heavy atom. The van der Waals surface area contributed by atoms with Crippen molar-refractivity contribution in [3.05, 3.63) is 59.7 Å². The van der Waals surface area contributed by atoms with Gasteiger partial charge in [-0.2, -0.15) is 5.10 Å². The lowest BCUT2D eigenvalue weighted by Crippen LogP contribution is -2.31. The Balaban J connectivity index is 1.96. The van der Waals surface area contributed by atoms with E-state index in [0.29, 0.717) is 24.1 Å².